The number of rotatable bonds is 8. The summed E-state index contributed by atoms with van der Waals surface area (Å²) in [6.07, 6.45) is 4.42. The highest BCUT2D eigenvalue weighted by Crippen LogP contribution is 2.13. The fourth-order valence-corrected chi connectivity index (χ4v) is 2.08. The minimum atomic E-state index is -0.588. The van der Waals surface area contributed by atoms with Crippen molar-refractivity contribution in [2.75, 3.05) is 13.2 Å². The Labute approximate surface area is 146 Å². The van der Waals surface area contributed by atoms with Gasteiger partial charge in [-0.25, -0.2) is 4.79 Å². The minimum Gasteiger partial charge on any atom is -0.494 e. The summed E-state index contributed by atoms with van der Waals surface area (Å²) < 4.78 is 15.4. The van der Waals surface area contributed by atoms with Gasteiger partial charge in [0.25, 0.3) is 5.91 Å². The number of carbonyl (C=O) groups excluding carboxylic acids is 2. The maximum atomic E-state index is 11.8. The van der Waals surface area contributed by atoms with E-state index in [0.717, 1.165) is 11.3 Å². The van der Waals surface area contributed by atoms with Gasteiger partial charge >= 0.3 is 5.97 Å². The number of ether oxygens (including phenoxy) is 2. The van der Waals surface area contributed by atoms with Gasteiger partial charge in [-0.3, -0.25) is 4.79 Å². The van der Waals surface area contributed by atoms with Gasteiger partial charge in [0.2, 0.25) is 0 Å². The largest absolute Gasteiger partial charge is 0.494 e. The molecule has 0 saturated carbocycles. The lowest BCUT2D eigenvalue weighted by molar-refractivity contribution is -0.144. The molecule has 6 nitrogen and oxygen atoms in total. The van der Waals surface area contributed by atoms with E-state index in [-0.39, 0.29) is 12.6 Å². The van der Waals surface area contributed by atoms with Crippen LogP contribution < -0.4 is 10.1 Å². The first-order valence-corrected chi connectivity index (χ1v) is 7.99. The van der Waals surface area contributed by atoms with Gasteiger partial charge in [0.1, 0.15) is 11.5 Å². The summed E-state index contributed by atoms with van der Waals surface area (Å²) in [5.74, 6) is 0.418. The molecule has 0 bridgehead atoms. The second-order valence-corrected chi connectivity index (χ2v) is 5.25. The van der Waals surface area contributed by atoms with E-state index in [1.165, 1.54) is 12.3 Å². The second kappa shape index (κ2) is 9.32. The molecule has 1 aromatic carbocycles. The van der Waals surface area contributed by atoms with Crippen LogP contribution >= 0.6 is 0 Å². The van der Waals surface area contributed by atoms with Crippen LogP contribution in [0.25, 0.3) is 6.08 Å². The first-order chi connectivity index (χ1) is 12.1. The maximum absolute atomic E-state index is 11.8. The molecule has 0 spiro atoms. The molecule has 0 aliphatic rings. The molecule has 132 valence electrons. The van der Waals surface area contributed by atoms with E-state index in [1.807, 2.05) is 31.2 Å². The molecule has 1 amide bonds. The van der Waals surface area contributed by atoms with Crippen LogP contribution in [0.1, 0.15) is 31.2 Å². The number of esters is 1. The predicted molar refractivity (Wildman–Crippen MR) is 92.9 cm³/mol. The molecule has 25 heavy (non-hydrogen) atoms. The van der Waals surface area contributed by atoms with Gasteiger partial charge < -0.3 is 19.2 Å². The van der Waals surface area contributed by atoms with Crippen LogP contribution in [0.2, 0.25) is 0 Å². The Kier molecular flexibility index (Phi) is 6.83. The van der Waals surface area contributed by atoms with Crippen LogP contribution in [-0.2, 0) is 14.3 Å². The Morgan fingerprint density at radius 1 is 1.24 bits per heavy atom. The van der Waals surface area contributed by atoms with Crippen molar-refractivity contribution in [1.29, 1.82) is 0 Å². The molecule has 0 radical (unpaired) electrons. The van der Waals surface area contributed by atoms with Gasteiger partial charge in [0, 0.05) is 6.08 Å². The van der Waals surface area contributed by atoms with Crippen molar-refractivity contribution in [2.24, 2.45) is 0 Å². The van der Waals surface area contributed by atoms with E-state index < -0.39 is 11.9 Å². The molecule has 0 aliphatic heterocycles. The lowest BCUT2D eigenvalue weighted by Crippen LogP contribution is -2.30. The molecule has 2 aromatic rings. The predicted octanol–water partition coefficient (Wildman–Crippen LogP) is 3.11. The zero-order chi connectivity index (χ0) is 18.1. The minimum absolute atomic E-state index is 0.291. The molecular weight excluding hydrogens is 322 g/mol. The Morgan fingerprint density at radius 2 is 2.00 bits per heavy atom. The summed E-state index contributed by atoms with van der Waals surface area (Å²) in [6, 6.07) is 10.5. The van der Waals surface area contributed by atoms with Crippen LogP contribution in [0.5, 0.6) is 5.75 Å². The quantitative estimate of drug-likeness (QED) is 0.588. The molecule has 6 heteroatoms. The van der Waals surface area contributed by atoms with Gasteiger partial charge in [0.05, 0.1) is 18.9 Å². The van der Waals surface area contributed by atoms with Crippen molar-refractivity contribution < 1.29 is 23.5 Å². The first kappa shape index (κ1) is 18.3. The SMILES string of the molecule is CCOc1ccc(/C=C/C(=O)OCC(=O)N[C@@H](C)c2ccco2)cc1. The number of carbonyl (C=O) groups is 2. The zero-order valence-corrected chi connectivity index (χ0v) is 14.2. The van der Waals surface area contributed by atoms with E-state index in [0.29, 0.717) is 12.4 Å². The van der Waals surface area contributed by atoms with Gasteiger partial charge in [0.15, 0.2) is 6.61 Å². The summed E-state index contributed by atoms with van der Waals surface area (Å²) in [6.45, 7) is 3.94. The summed E-state index contributed by atoms with van der Waals surface area (Å²) in [4.78, 5) is 23.4. The van der Waals surface area contributed by atoms with Gasteiger partial charge in [-0.05, 0) is 49.8 Å². The second-order valence-electron chi connectivity index (χ2n) is 5.25. The Balaban J connectivity index is 1.75. The smallest absolute Gasteiger partial charge is 0.331 e. The van der Waals surface area contributed by atoms with E-state index in [1.54, 1.807) is 25.1 Å². The van der Waals surface area contributed by atoms with Crippen LogP contribution in [0.15, 0.2) is 53.2 Å². The first-order valence-electron chi connectivity index (χ1n) is 7.99. The highest BCUT2D eigenvalue weighted by atomic mass is 16.5. The number of nitrogens with one attached hydrogen (secondary N) is 1. The highest BCUT2D eigenvalue weighted by Gasteiger charge is 2.12. The van der Waals surface area contributed by atoms with Gasteiger partial charge in [-0.15, -0.1) is 0 Å². The van der Waals surface area contributed by atoms with Crippen LogP contribution in [0.3, 0.4) is 0 Å². The third-order valence-electron chi connectivity index (χ3n) is 3.30. The molecule has 0 aliphatic carbocycles. The van der Waals surface area contributed by atoms with Crippen molar-refractivity contribution in [3.63, 3.8) is 0 Å². The molecule has 0 unspecified atom stereocenters. The monoisotopic (exact) mass is 343 g/mol. The Hall–Kier alpha value is -3.02. The molecule has 1 aromatic heterocycles. The van der Waals surface area contributed by atoms with Crippen LogP contribution in [-0.4, -0.2) is 25.1 Å². The topological polar surface area (TPSA) is 77.8 Å². The zero-order valence-electron chi connectivity index (χ0n) is 14.2. The molecule has 1 atom stereocenters. The van der Waals surface area contributed by atoms with Crippen LogP contribution in [0, 0.1) is 0 Å². The standard InChI is InChI=1S/C19H21NO5/c1-3-23-16-9-6-15(7-10-16)8-11-19(22)25-13-18(21)20-14(2)17-5-4-12-24-17/h4-12,14H,3,13H2,1-2H3,(H,20,21)/b11-8+/t14-/m0/s1. The Bertz CT molecular complexity index is 704. The Morgan fingerprint density at radius 3 is 2.64 bits per heavy atom. The number of hydrogen-bond acceptors (Lipinski definition) is 5. The molecular formula is C19H21NO5. The number of hydrogen-bond donors (Lipinski definition) is 1. The average molecular weight is 343 g/mol. The fourth-order valence-electron chi connectivity index (χ4n) is 2.08. The number of amides is 1. The lowest BCUT2D eigenvalue weighted by Gasteiger charge is -2.11. The average Bonchev–Trinajstić information content (AvgIpc) is 3.14. The number of furan rings is 1. The van der Waals surface area contributed by atoms with E-state index in [2.05, 4.69) is 5.32 Å². The summed E-state index contributed by atoms with van der Waals surface area (Å²) >= 11 is 0. The lowest BCUT2D eigenvalue weighted by atomic mass is 10.2. The summed E-state index contributed by atoms with van der Waals surface area (Å²) in [7, 11) is 0. The van der Waals surface area contributed by atoms with Crippen molar-refractivity contribution >= 4 is 18.0 Å². The third-order valence-corrected chi connectivity index (χ3v) is 3.30. The van der Waals surface area contributed by atoms with E-state index >= 15 is 0 Å². The van der Waals surface area contributed by atoms with E-state index in [4.69, 9.17) is 13.9 Å². The van der Waals surface area contributed by atoms with E-state index in [9.17, 15) is 9.59 Å². The van der Waals surface area contributed by atoms with Crippen LogP contribution in [0.4, 0.5) is 0 Å². The summed E-state index contributed by atoms with van der Waals surface area (Å²) in [5, 5.41) is 2.68. The molecule has 2 rings (SSSR count). The molecule has 1 heterocycles. The van der Waals surface area contributed by atoms with Crippen molar-refractivity contribution in [3.05, 3.63) is 60.1 Å². The molecule has 0 fully saturated rings. The molecule has 1 N–H and O–H groups in total. The van der Waals surface area contributed by atoms with Gasteiger partial charge in [-0.2, -0.15) is 0 Å². The van der Waals surface area contributed by atoms with Crippen molar-refractivity contribution in [3.8, 4) is 5.75 Å². The normalized spacial score (nSPS) is 11.9. The molecule has 0 saturated heterocycles. The summed E-state index contributed by atoms with van der Waals surface area (Å²) in [5.41, 5.74) is 0.830. The highest BCUT2D eigenvalue weighted by molar-refractivity contribution is 5.89. The fraction of sp³-hybridized carbons (Fsp3) is 0.263. The van der Waals surface area contributed by atoms with Gasteiger partial charge in [-0.1, -0.05) is 12.1 Å². The third kappa shape index (κ3) is 6.18. The number of benzene rings is 1. The van der Waals surface area contributed by atoms with Crippen molar-refractivity contribution in [1.82, 2.24) is 5.32 Å². The van der Waals surface area contributed by atoms with Crippen molar-refractivity contribution in [2.45, 2.75) is 19.9 Å². The maximum Gasteiger partial charge on any atom is 0.331 e.